The summed E-state index contributed by atoms with van der Waals surface area (Å²) in [5.74, 6) is -0.342. The van der Waals surface area contributed by atoms with Crippen molar-refractivity contribution in [3.63, 3.8) is 0 Å². The third-order valence-corrected chi connectivity index (χ3v) is 3.28. The number of rotatable bonds is 5. The molecule has 7 heteroatoms. The lowest BCUT2D eigenvalue weighted by molar-refractivity contribution is -0.121. The first-order valence-electron chi connectivity index (χ1n) is 6.78. The zero-order chi connectivity index (χ0) is 14.9. The third-order valence-electron chi connectivity index (χ3n) is 3.28. The second kappa shape index (κ2) is 5.52. The number of aromatic amines is 1. The zero-order valence-corrected chi connectivity index (χ0v) is 12.1. The van der Waals surface area contributed by atoms with Gasteiger partial charge in [-0.25, -0.2) is 0 Å². The van der Waals surface area contributed by atoms with Crippen LogP contribution in [-0.2, 0) is 4.79 Å². The van der Waals surface area contributed by atoms with E-state index in [2.05, 4.69) is 15.5 Å². The SMILES string of the molecule is CC(C)c1[nH]nc(C(=O)N(C)CC(=O)NC2CC2)c1N. The van der Waals surface area contributed by atoms with Crippen LogP contribution in [0, 0.1) is 0 Å². The van der Waals surface area contributed by atoms with Gasteiger partial charge in [-0.15, -0.1) is 0 Å². The van der Waals surface area contributed by atoms with E-state index in [0.29, 0.717) is 5.69 Å². The van der Waals surface area contributed by atoms with Crippen molar-refractivity contribution in [2.75, 3.05) is 19.3 Å². The van der Waals surface area contributed by atoms with E-state index in [-0.39, 0.29) is 36.0 Å². The number of likely N-dealkylation sites (N-methyl/N-ethyl adjacent to an activating group) is 1. The molecule has 1 heterocycles. The fourth-order valence-electron chi connectivity index (χ4n) is 1.94. The minimum Gasteiger partial charge on any atom is -0.395 e. The highest BCUT2D eigenvalue weighted by atomic mass is 16.2. The van der Waals surface area contributed by atoms with Gasteiger partial charge < -0.3 is 16.0 Å². The van der Waals surface area contributed by atoms with E-state index >= 15 is 0 Å². The maximum atomic E-state index is 12.2. The van der Waals surface area contributed by atoms with Crippen LogP contribution < -0.4 is 11.1 Å². The highest BCUT2D eigenvalue weighted by Crippen LogP contribution is 2.23. The number of carbonyl (C=O) groups is 2. The van der Waals surface area contributed by atoms with Gasteiger partial charge in [-0.2, -0.15) is 5.10 Å². The molecule has 0 saturated heterocycles. The van der Waals surface area contributed by atoms with Crippen molar-refractivity contribution in [1.29, 1.82) is 0 Å². The molecule has 1 aliphatic rings. The van der Waals surface area contributed by atoms with E-state index in [1.165, 1.54) is 4.90 Å². The normalized spacial score (nSPS) is 14.4. The first kappa shape index (κ1) is 14.4. The highest BCUT2D eigenvalue weighted by Gasteiger charge is 2.26. The number of nitrogens with one attached hydrogen (secondary N) is 2. The molecule has 0 atom stereocenters. The summed E-state index contributed by atoms with van der Waals surface area (Å²) >= 11 is 0. The summed E-state index contributed by atoms with van der Waals surface area (Å²) in [6.45, 7) is 3.94. The average molecular weight is 279 g/mol. The summed E-state index contributed by atoms with van der Waals surface area (Å²) in [6.07, 6.45) is 2.04. The lowest BCUT2D eigenvalue weighted by Gasteiger charge is -2.15. The third kappa shape index (κ3) is 3.09. The quantitative estimate of drug-likeness (QED) is 0.728. The Labute approximate surface area is 117 Å². The van der Waals surface area contributed by atoms with Crippen LogP contribution >= 0.6 is 0 Å². The van der Waals surface area contributed by atoms with Gasteiger partial charge >= 0.3 is 0 Å². The standard InChI is InChI=1S/C13H21N5O2/c1-7(2)11-10(14)12(17-16-11)13(20)18(3)6-9(19)15-8-4-5-8/h7-8H,4-6,14H2,1-3H3,(H,15,19)(H,16,17). The molecule has 0 spiro atoms. The van der Waals surface area contributed by atoms with Gasteiger partial charge in [0, 0.05) is 13.1 Å². The zero-order valence-electron chi connectivity index (χ0n) is 12.1. The van der Waals surface area contributed by atoms with Crippen LogP contribution in [0.15, 0.2) is 0 Å². The van der Waals surface area contributed by atoms with Crippen molar-refractivity contribution in [1.82, 2.24) is 20.4 Å². The minimum absolute atomic E-state index is 0.0125. The molecule has 1 aliphatic carbocycles. The molecule has 1 fully saturated rings. The molecule has 7 nitrogen and oxygen atoms in total. The molecule has 110 valence electrons. The number of nitrogens with zero attached hydrogens (tertiary/aromatic N) is 2. The van der Waals surface area contributed by atoms with Crippen LogP contribution in [-0.4, -0.2) is 46.5 Å². The van der Waals surface area contributed by atoms with Gasteiger partial charge in [0.15, 0.2) is 5.69 Å². The largest absolute Gasteiger partial charge is 0.395 e. The summed E-state index contributed by atoms with van der Waals surface area (Å²) in [4.78, 5) is 25.2. The number of hydrogen-bond donors (Lipinski definition) is 3. The molecule has 0 aromatic carbocycles. The molecular weight excluding hydrogens is 258 g/mol. The topological polar surface area (TPSA) is 104 Å². The van der Waals surface area contributed by atoms with Crippen LogP contribution in [0.2, 0.25) is 0 Å². The van der Waals surface area contributed by atoms with E-state index in [1.807, 2.05) is 13.8 Å². The Morgan fingerprint density at radius 2 is 2.15 bits per heavy atom. The minimum atomic E-state index is -0.350. The van der Waals surface area contributed by atoms with Gasteiger partial charge in [-0.1, -0.05) is 13.8 Å². The van der Waals surface area contributed by atoms with Gasteiger partial charge in [0.25, 0.3) is 5.91 Å². The monoisotopic (exact) mass is 279 g/mol. The molecule has 0 unspecified atom stereocenters. The summed E-state index contributed by atoms with van der Waals surface area (Å²) in [5.41, 5.74) is 7.20. The molecule has 20 heavy (non-hydrogen) atoms. The van der Waals surface area contributed by atoms with E-state index in [4.69, 9.17) is 5.73 Å². The number of amides is 2. The summed E-state index contributed by atoms with van der Waals surface area (Å²) in [6, 6.07) is 0.286. The number of hydrogen-bond acceptors (Lipinski definition) is 4. The predicted octanol–water partition coefficient (Wildman–Crippen LogP) is 0.466. The lowest BCUT2D eigenvalue weighted by Crippen LogP contribution is -2.39. The van der Waals surface area contributed by atoms with Crippen molar-refractivity contribution in [3.05, 3.63) is 11.4 Å². The Balaban J connectivity index is 2.00. The molecule has 1 aromatic rings. The second-order valence-corrected chi connectivity index (χ2v) is 5.56. The first-order chi connectivity index (χ1) is 9.40. The Morgan fingerprint density at radius 1 is 1.50 bits per heavy atom. The smallest absolute Gasteiger partial charge is 0.276 e. The van der Waals surface area contributed by atoms with Crippen LogP contribution in [0.4, 0.5) is 5.69 Å². The van der Waals surface area contributed by atoms with Gasteiger partial charge in [-0.05, 0) is 18.8 Å². The number of H-pyrrole nitrogens is 1. The molecule has 1 saturated carbocycles. The number of carbonyl (C=O) groups excluding carboxylic acids is 2. The summed E-state index contributed by atoms with van der Waals surface area (Å²) < 4.78 is 0. The number of nitrogen functional groups attached to an aromatic ring is 1. The Morgan fingerprint density at radius 3 is 2.65 bits per heavy atom. The Bertz CT molecular complexity index is 519. The van der Waals surface area contributed by atoms with E-state index in [1.54, 1.807) is 7.05 Å². The van der Waals surface area contributed by atoms with Crippen molar-refractivity contribution in [3.8, 4) is 0 Å². The fourth-order valence-corrected chi connectivity index (χ4v) is 1.94. The molecule has 0 radical (unpaired) electrons. The summed E-state index contributed by atoms with van der Waals surface area (Å²) in [5, 5.41) is 9.58. The number of nitrogens with two attached hydrogens (primary N) is 1. The van der Waals surface area contributed by atoms with Crippen molar-refractivity contribution in [2.24, 2.45) is 0 Å². The van der Waals surface area contributed by atoms with Crippen LogP contribution in [0.3, 0.4) is 0 Å². The van der Waals surface area contributed by atoms with E-state index in [0.717, 1.165) is 18.5 Å². The molecule has 2 amide bonds. The predicted molar refractivity (Wildman–Crippen MR) is 75.2 cm³/mol. The fraction of sp³-hybridized carbons (Fsp3) is 0.615. The molecular formula is C13H21N5O2. The molecule has 4 N–H and O–H groups in total. The number of anilines is 1. The molecule has 0 bridgehead atoms. The van der Waals surface area contributed by atoms with E-state index in [9.17, 15) is 9.59 Å². The van der Waals surface area contributed by atoms with Crippen molar-refractivity contribution < 1.29 is 9.59 Å². The molecule has 0 aliphatic heterocycles. The van der Waals surface area contributed by atoms with Crippen molar-refractivity contribution in [2.45, 2.75) is 38.6 Å². The average Bonchev–Trinajstić information content (AvgIpc) is 3.08. The molecule has 2 rings (SSSR count). The first-order valence-corrected chi connectivity index (χ1v) is 6.78. The summed E-state index contributed by atoms with van der Waals surface area (Å²) in [7, 11) is 1.57. The maximum absolute atomic E-state index is 12.2. The van der Waals surface area contributed by atoms with Crippen LogP contribution in [0.5, 0.6) is 0 Å². The van der Waals surface area contributed by atoms with Crippen molar-refractivity contribution >= 4 is 17.5 Å². The number of aromatic nitrogens is 2. The second-order valence-electron chi connectivity index (χ2n) is 5.56. The van der Waals surface area contributed by atoms with Crippen LogP contribution in [0.1, 0.15) is 48.8 Å². The van der Waals surface area contributed by atoms with E-state index < -0.39 is 0 Å². The molecule has 1 aromatic heterocycles. The Hall–Kier alpha value is -2.05. The van der Waals surface area contributed by atoms with Gasteiger partial charge in [-0.3, -0.25) is 14.7 Å². The van der Waals surface area contributed by atoms with Crippen LogP contribution in [0.25, 0.3) is 0 Å². The van der Waals surface area contributed by atoms with Gasteiger partial charge in [0.05, 0.1) is 17.9 Å². The lowest BCUT2D eigenvalue weighted by atomic mass is 10.1. The van der Waals surface area contributed by atoms with Gasteiger partial charge in [0.1, 0.15) is 0 Å². The van der Waals surface area contributed by atoms with Gasteiger partial charge in [0.2, 0.25) is 5.91 Å². The Kier molecular flexibility index (Phi) is 3.96. The maximum Gasteiger partial charge on any atom is 0.276 e. The highest BCUT2D eigenvalue weighted by molar-refractivity contribution is 5.99.